The van der Waals surface area contributed by atoms with E-state index in [1.54, 1.807) is 7.11 Å². The monoisotopic (exact) mass is 397 g/mol. The second kappa shape index (κ2) is 8.95. The van der Waals surface area contributed by atoms with Gasteiger partial charge in [-0.15, -0.1) is 10.2 Å². The summed E-state index contributed by atoms with van der Waals surface area (Å²) < 4.78 is 7.48. The third kappa shape index (κ3) is 4.61. The fraction of sp³-hybridized carbons (Fsp3) is 0.591. The molecule has 1 aromatic carbocycles. The number of hydrogen-bond acceptors (Lipinski definition) is 5. The largest absolute Gasteiger partial charge is 0.497 e. The van der Waals surface area contributed by atoms with Crippen LogP contribution in [-0.4, -0.2) is 70.8 Å². The van der Waals surface area contributed by atoms with Crippen LogP contribution < -0.4 is 4.74 Å². The third-order valence-electron chi connectivity index (χ3n) is 6.28. The standard InChI is InChI=1S/C22H31N5O2/c1-25-12-9-18(10-13-25)22-24-23-20-11-14-26(15-16-27(20)22)21(28)8-5-17-3-6-19(29-2)7-4-17/h3-4,6-7,18H,5,8-16H2,1-2H3. The van der Waals surface area contributed by atoms with E-state index < -0.39 is 0 Å². The molecule has 0 unspecified atom stereocenters. The smallest absolute Gasteiger partial charge is 0.222 e. The van der Waals surface area contributed by atoms with E-state index in [4.69, 9.17) is 4.74 Å². The molecule has 7 nitrogen and oxygen atoms in total. The Balaban J connectivity index is 1.33. The molecular formula is C22H31N5O2. The molecule has 0 spiro atoms. The highest BCUT2D eigenvalue weighted by molar-refractivity contribution is 5.76. The molecule has 7 heteroatoms. The van der Waals surface area contributed by atoms with Gasteiger partial charge in [-0.3, -0.25) is 4.79 Å². The Bertz CT molecular complexity index is 824. The molecule has 2 aromatic rings. The fourth-order valence-electron chi connectivity index (χ4n) is 4.36. The fourth-order valence-corrected chi connectivity index (χ4v) is 4.36. The molecule has 0 bridgehead atoms. The van der Waals surface area contributed by atoms with Gasteiger partial charge in [0.15, 0.2) is 0 Å². The van der Waals surface area contributed by atoms with E-state index in [-0.39, 0.29) is 5.91 Å². The molecule has 0 atom stereocenters. The highest BCUT2D eigenvalue weighted by Gasteiger charge is 2.27. The Labute approximate surface area is 172 Å². The van der Waals surface area contributed by atoms with Crippen LogP contribution >= 0.6 is 0 Å². The average Bonchev–Trinajstić information content (AvgIpc) is 3.03. The number of aromatic nitrogens is 3. The molecule has 1 aromatic heterocycles. The van der Waals surface area contributed by atoms with Crippen LogP contribution in [0.3, 0.4) is 0 Å². The highest BCUT2D eigenvalue weighted by atomic mass is 16.5. The predicted octanol–water partition coefficient (Wildman–Crippen LogP) is 2.11. The lowest BCUT2D eigenvalue weighted by molar-refractivity contribution is -0.131. The first-order valence-electron chi connectivity index (χ1n) is 10.7. The van der Waals surface area contributed by atoms with Crippen LogP contribution in [0.25, 0.3) is 0 Å². The normalized spacial score (nSPS) is 18.3. The van der Waals surface area contributed by atoms with Gasteiger partial charge in [0, 0.05) is 38.4 Å². The average molecular weight is 398 g/mol. The maximum absolute atomic E-state index is 12.8. The Morgan fingerprint density at radius 1 is 1.07 bits per heavy atom. The predicted molar refractivity (Wildman–Crippen MR) is 111 cm³/mol. The van der Waals surface area contributed by atoms with E-state index in [0.29, 0.717) is 12.3 Å². The summed E-state index contributed by atoms with van der Waals surface area (Å²) in [4.78, 5) is 17.2. The van der Waals surface area contributed by atoms with Gasteiger partial charge < -0.3 is 19.1 Å². The zero-order valence-corrected chi connectivity index (χ0v) is 17.5. The van der Waals surface area contributed by atoms with Crippen LogP contribution in [0.2, 0.25) is 0 Å². The number of methoxy groups -OCH3 is 1. The first-order chi connectivity index (χ1) is 14.1. The lowest BCUT2D eigenvalue weighted by atomic mass is 9.96. The number of hydrogen-bond donors (Lipinski definition) is 0. The van der Waals surface area contributed by atoms with E-state index in [2.05, 4.69) is 26.7 Å². The molecule has 0 N–H and O–H groups in total. The van der Waals surface area contributed by atoms with Gasteiger partial charge in [0.2, 0.25) is 5.91 Å². The van der Waals surface area contributed by atoms with Gasteiger partial charge in [0.25, 0.3) is 0 Å². The van der Waals surface area contributed by atoms with E-state index >= 15 is 0 Å². The number of likely N-dealkylation sites (tertiary alicyclic amines) is 1. The maximum atomic E-state index is 12.8. The van der Waals surface area contributed by atoms with Crippen molar-refractivity contribution in [2.75, 3.05) is 40.3 Å². The maximum Gasteiger partial charge on any atom is 0.222 e. The van der Waals surface area contributed by atoms with Gasteiger partial charge in [-0.25, -0.2) is 0 Å². The Hall–Kier alpha value is -2.41. The zero-order valence-electron chi connectivity index (χ0n) is 17.5. The minimum absolute atomic E-state index is 0.223. The number of ether oxygens (including phenoxy) is 1. The summed E-state index contributed by atoms with van der Waals surface area (Å²) in [6.45, 7) is 4.50. The Morgan fingerprint density at radius 3 is 2.55 bits per heavy atom. The molecule has 3 heterocycles. The summed E-state index contributed by atoms with van der Waals surface area (Å²) in [5, 5.41) is 8.99. The van der Waals surface area contributed by atoms with Crippen molar-refractivity contribution in [3.05, 3.63) is 41.5 Å². The Kier molecular flexibility index (Phi) is 6.13. The lowest BCUT2D eigenvalue weighted by Crippen LogP contribution is -2.34. The first-order valence-corrected chi connectivity index (χ1v) is 10.7. The van der Waals surface area contributed by atoms with E-state index in [0.717, 1.165) is 81.4 Å². The number of amides is 1. The van der Waals surface area contributed by atoms with Gasteiger partial charge in [0.05, 0.1) is 7.11 Å². The molecule has 1 amide bonds. The topological polar surface area (TPSA) is 63.5 Å². The van der Waals surface area contributed by atoms with Gasteiger partial charge in [-0.1, -0.05) is 12.1 Å². The molecule has 2 aliphatic heterocycles. The number of carbonyl (C=O) groups excluding carboxylic acids is 1. The van der Waals surface area contributed by atoms with Crippen LogP contribution in [0.4, 0.5) is 0 Å². The molecule has 156 valence electrons. The first kappa shape index (κ1) is 19.9. The minimum Gasteiger partial charge on any atom is -0.497 e. The SMILES string of the molecule is COc1ccc(CCC(=O)N2CCc3nnc(C4CCN(C)CC4)n3CC2)cc1. The number of carbonyl (C=O) groups is 1. The molecule has 29 heavy (non-hydrogen) atoms. The number of piperidine rings is 1. The van der Waals surface area contributed by atoms with Crippen molar-refractivity contribution in [3.63, 3.8) is 0 Å². The van der Waals surface area contributed by atoms with Crippen molar-refractivity contribution in [2.45, 2.75) is 44.6 Å². The molecule has 2 aliphatic rings. The van der Waals surface area contributed by atoms with Crippen molar-refractivity contribution < 1.29 is 9.53 Å². The van der Waals surface area contributed by atoms with Gasteiger partial charge in [-0.2, -0.15) is 0 Å². The summed E-state index contributed by atoms with van der Waals surface area (Å²) in [6.07, 6.45) is 4.35. The Morgan fingerprint density at radius 2 is 1.83 bits per heavy atom. The molecule has 0 saturated carbocycles. The van der Waals surface area contributed by atoms with Crippen molar-refractivity contribution in [1.29, 1.82) is 0 Å². The third-order valence-corrected chi connectivity index (χ3v) is 6.28. The summed E-state index contributed by atoms with van der Waals surface area (Å²) >= 11 is 0. The van der Waals surface area contributed by atoms with Gasteiger partial charge in [-0.05, 0) is 57.1 Å². The molecule has 0 radical (unpaired) electrons. The van der Waals surface area contributed by atoms with Gasteiger partial charge in [0.1, 0.15) is 17.4 Å². The van der Waals surface area contributed by atoms with Crippen LogP contribution in [0.5, 0.6) is 5.75 Å². The van der Waals surface area contributed by atoms with Crippen molar-refractivity contribution in [1.82, 2.24) is 24.6 Å². The quantitative estimate of drug-likeness (QED) is 0.773. The van der Waals surface area contributed by atoms with Crippen molar-refractivity contribution in [3.8, 4) is 5.75 Å². The van der Waals surface area contributed by atoms with E-state index in [1.165, 1.54) is 0 Å². The second-order valence-electron chi connectivity index (χ2n) is 8.18. The highest BCUT2D eigenvalue weighted by Crippen LogP contribution is 2.27. The van der Waals surface area contributed by atoms with Crippen LogP contribution in [0.15, 0.2) is 24.3 Å². The number of benzene rings is 1. The number of fused-ring (bicyclic) bond motifs is 1. The van der Waals surface area contributed by atoms with Crippen LogP contribution in [0, 0.1) is 0 Å². The molecule has 4 rings (SSSR count). The summed E-state index contributed by atoms with van der Waals surface area (Å²) in [5.41, 5.74) is 1.16. The lowest BCUT2D eigenvalue weighted by Gasteiger charge is -2.28. The molecule has 1 saturated heterocycles. The number of rotatable bonds is 5. The molecular weight excluding hydrogens is 366 g/mol. The second-order valence-corrected chi connectivity index (χ2v) is 8.18. The minimum atomic E-state index is 0.223. The molecule has 1 fully saturated rings. The number of nitrogens with zero attached hydrogens (tertiary/aromatic N) is 5. The summed E-state index contributed by atoms with van der Waals surface area (Å²) in [5.74, 6) is 3.71. The van der Waals surface area contributed by atoms with Crippen LogP contribution in [0.1, 0.15) is 42.4 Å². The van der Waals surface area contributed by atoms with Gasteiger partial charge >= 0.3 is 0 Å². The molecule has 0 aliphatic carbocycles. The summed E-state index contributed by atoms with van der Waals surface area (Å²) in [6, 6.07) is 7.96. The van der Waals surface area contributed by atoms with Crippen molar-refractivity contribution >= 4 is 5.91 Å². The summed E-state index contributed by atoms with van der Waals surface area (Å²) in [7, 11) is 3.84. The van der Waals surface area contributed by atoms with Crippen molar-refractivity contribution in [2.24, 2.45) is 0 Å². The van der Waals surface area contributed by atoms with E-state index in [1.807, 2.05) is 29.2 Å². The number of aryl methyl sites for hydroxylation is 1. The van der Waals surface area contributed by atoms with Crippen LogP contribution in [-0.2, 0) is 24.2 Å². The van der Waals surface area contributed by atoms with E-state index in [9.17, 15) is 4.79 Å². The zero-order chi connectivity index (χ0) is 20.2.